The van der Waals surface area contributed by atoms with Crippen molar-refractivity contribution in [1.29, 1.82) is 0 Å². The summed E-state index contributed by atoms with van der Waals surface area (Å²) in [6.07, 6.45) is 0.684. The highest BCUT2D eigenvalue weighted by Gasteiger charge is 2.25. The van der Waals surface area contributed by atoms with E-state index in [0.29, 0.717) is 51.8 Å². The highest BCUT2D eigenvalue weighted by Crippen LogP contribution is 2.26. The average molecular weight is 501 g/mol. The van der Waals surface area contributed by atoms with Crippen LogP contribution >= 0.6 is 23.4 Å². The van der Waals surface area contributed by atoms with E-state index < -0.39 is 0 Å². The number of Topliss-reactive ketones (excluding diaryl/α,β-unsaturated/α-hetero) is 1. The Balaban J connectivity index is 1.77. The van der Waals surface area contributed by atoms with Gasteiger partial charge in [-0.25, -0.2) is 0 Å². The smallest absolute Gasteiger partial charge is 0.253 e. The third-order valence-corrected chi connectivity index (χ3v) is 6.54. The Labute approximate surface area is 209 Å². The number of methoxy groups -OCH3 is 1. The first-order valence-electron chi connectivity index (χ1n) is 11.1. The summed E-state index contributed by atoms with van der Waals surface area (Å²) in [5.74, 6) is 1.64. The van der Waals surface area contributed by atoms with Gasteiger partial charge in [-0.2, -0.15) is 0 Å². The maximum absolute atomic E-state index is 12.9. The third-order valence-electron chi connectivity index (χ3n) is 5.25. The Morgan fingerprint density at radius 2 is 1.82 bits per heavy atom. The summed E-state index contributed by atoms with van der Waals surface area (Å²) in [6, 6.07) is 13.6. The number of amides is 1. The van der Waals surface area contributed by atoms with Gasteiger partial charge in [0.25, 0.3) is 5.91 Å². The van der Waals surface area contributed by atoms with Crippen LogP contribution in [0.4, 0.5) is 0 Å². The van der Waals surface area contributed by atoms with Gasteiger partial charge in [-0.1, -0.05) is 49.3 Å². The fourth-order valence-electron chi connectivity index (χ4n) is 3.53. The molecule has 0 saturated heterocycles. The maximum atomic E-state index is 12.9. The van der Waals surface area contributed by atoms with Crippen LogP contribution in [0, 0.1) is 5.92 Å². The number of nitrogens with one attached hydrogen (secondary N) is 1. The van der Waals surface area contributed by atoms with Crippen molar-refractivity contribution >= 4 is 35.1 Å². The molecule has 2 aromatic carbocycles. The van der Waals surface area contributed by atoms with E-state index in [0.717, 1.165) is 0 Å². The Hall–Kier alpha value is -2.84. The van der Waals surface area contributed by atoms with Crippen molar-refractivity contribution < 1.29 is 14.3 Å². The number of hydrogen-bond acceptors (Lipinski definition) is 6. The molecular formula is C25H29ClN4O3S. The van der Waals surface area contributed by atoms with E-state index in [4.69, 9.17) is 16.3 Å². The minimum Gasteiger partial charge on any atom is -0.497 e. The highest BCUT2D eigenvalue weighted by molar-refractivity contribution is 7.99. The van der Waals surface area contributed by atoms with Crippen LogP contribution < -0.4 is 10.1 Å². The van der Waals surface area contributed by atoms with Crippen LogP contribution in [0.3, 0.4) is 0 Å². The van der Waals surface area contributed by atoms with Crippen LogP contribution in [0.25, 0.3) is 0 Å². The first-order chi connectivity index (χ1) is 16.3. The minimum absolute atomic E-state index is 0.00870. The lowest BCUT2D eigenvalue weighted by Gasteiger charge is -2.21. The molecule has 34 heavy (non-hydrogen) atoms. The van der Waals surface area contributed by atoms with Crippen LogP contribution in [-0.4, -0.2) is 39.3 Å². The SMILES string of the molecule is CCn1c(SCC(=O)c2ccc(OC)cc2)nnc1[C@@H](CC(C)C)NC(=O)c1ccccc1Cl. The number of thioether (sulfide) groups is 1. The monoisotopic (exact) mass is 500 g/mol. The summed E-state index contributed by atoms with van der Waals surface area (Å²) in [4.78, 5) is 25.6. The lowest BCUT2D eigenvalue weighted by molar-refractivity contribution is 0.0928. The zero-order chi connectivity index (χ0) is 24.7. The summed E-state index contributed by atoms with van der Waals surface area (Å²) in [5, 5.41) is 12.8. The van der Waals surface area contributed by atoms with E-state index in [1.54, 1.807) is 55.6 Å². The second-order valence-electron chi connectivity index (χ2n) is 8.16. The zero-order valence-corrected chi connectivity index (χ0v) is 21.3. The molecule has 3 aromatic rings. The van der Waals surface area contributed by atoms with Crippen molar-refractivity contribution in [2.45, 2.75) is 44.9 Å². The van der Waals surface area contributed by atoms with Crippen LogP contribution in [0.15, 0.2) is 53.7 Å². The van der Waals surface area contributed by atoms with Crippen molar-refractivity contribution in [2.75, 3.05) is 12.9 Å². The molecule has 0 bridgehead atoms. The van der Waals surface area contributed by atoms with Gasteiger partial charge in [0, 0.05) is 12.1 Å². The van der Waals surface area contributed by atoms with Gasteiger partial charge in [-0.15, -0.1) is 10.2 Å². The Morgan fingerprint density at radius 3 is 2.44 bits per heavy atom. The summed E-state index contributed by atoms with van der Waals surface area (Å²) in [7, 11) is 1.59. The number of ketones is 1. The lowest BCUT2D eigenvalue weighted by atomic mass is 10.0. The predicted octanol–water partition coefficient (Wildman–Crippen LogP) is 5.45. The van der Waals surface area contributed by atoms with E-state index in [9.17, 15) is 9.59 Å². The quantitative estimate of drug-likeness (QED) is 0.278. The van der Waals surface area contributed by atoms with Gasteiger partial charge >= 0.3 is 0 Å². The molecule has 1 aromatic heterocycles. The van der Waals surface area contributed by atoms with Crippen molar-refractivity contribution in [3.05, 3.63) is 70.5 Å². The molecule has 1 heterocycles. The van der Waals surface area contributed by atoms with Crippen molar-refractivity contribution in [2.24, 2.45) is 5.92 Å². The molecule has 0 spiro atoms. The Bertz CT molecular complexity index is 1130. The molecule has 180 valence electrons. The third kappa shape index (κ3) is 6.39. The molecule has 0 fully saturated rings. The molecule has 0 aliphatic rings. The average Bonchev–Trinajstić information content (AvgIpc) is 3.25. The topological polar surface area (TPSA) is 86.1 Å². The molecule has 0 aliphatic carbocycles. The van der Waals surface area contributed by atoms with Gasteiger partial charge in [0.15, 0.2) is 16.8 Å². The van der Waals surface area contributed by atoms with Gasteiger partial charge in [0.2, 0.25) is 0 Å². The molecule has 1 N–H and O–H groups in total. The normalized spacial score (nSPS) is 11.9. The molecule has 1 atom stereocenters. The molecular weight excluding hydrogens is 472 g/mol. The maximum Gasteiger partial charge on any atom is 0.253 e. The number of ether oxygens (including phenoxy) is 1. The zero-order valence-electron chi connectivity index (χ0n) is 19.7. The first kappa shape index (κ1) is 25.8. The van der Waals surface area contributed by atoms with Crippen molar-refractivity contribution in [3.8, 4) is 5.75 Å². The van der Waals surface area contributed by atoms with E-state index in [-0.39, 0.29) is 23.5 Å². The van der Waals surface area contributed by atoms with Crippen LogP contribution in [0.2, 0.25) is 5.02 Å². The van der Waals surface area contributed by atoms with Gasteiger partial charge in [-0.05, 0) is 55.7 Å². The Morgan fingerprint density at radius 1 is 1.12 bits per heavy atom. The number of rotatable bonds is 11. The molecule has 9 heteroatoms. The van der Waals surface area contributed by atoms with Crippen molar-refractivity contribution in [3.63, 3.8) is 0 Å². The van der Waals surface area contributed by atoms with E-state index in [1.165, 1.54) is 11.8 Å². The van der Waals surface area contributed by atoms with Crippen LogP contribution in [0.1, 0.15) is 59.8 Å². The molecule has 3 rings (SSSR count). The van der Waals surface area contributed by atoms with Crippen LogP contribution in [-0.2, 0) is 6.54 Å². The summed E-state index contributed by atoms with van der Waals surface area (Å²) >= 11 is 7.55. The van der Waals surface area contributed by atoms with E-state index >= 15 is 0 Å². The van der Waals surface area contributed by atoms with Gasteiger partial charge in [-0.3, -0.25) is 9.59 Å². The first-order valence-corrected chi connectivity index (χ1v) is 12.5. The lowest BCUT2D eigenvalue weighted by Crippen LogP contribution is -2.31. The number of nitrogens with zero attached hydrogens (tertiary/aromatic N) is 3. The molecule has 0 unspecified atom stereocenters. The van der Waals surface area contributed by atoms with Gasteiger partial charge in [0.1, 0.15) is 5.75 Å². The second kappa shape index (κ2) is 12.0. The number of halogens is 1. The van der Waals surface area contributed by atoms with E-state index in [2.05, 4.69) is 29.4 Å². The predicted molar refractivity (Wildman–Crippen MR) is 135 cm³/mol. The second-order valence-corrected chi connectivity index (χ2v) is 9.51. The minimum atomic E-state index is -0.345. The number of carbonyl (C=O) groups is 2. The van der Waals surface area contributed by atoms with Crippen LogP contribution in [0.5, 0.6) is 5.75 Å². The highest BCUT2D eigenvalue weighted by atomic mass is 35.5. The summed E-state index contributed by atoms with van der Waals surface area (Å²) in [6.45, 7) is 6.78. The fourth-order valence-corrected chi connectivity index (χ4v) is 4.66. The summed E-state index contributed by atoms with van der Waals surface area (Å²) in [5.41, 5.74) is 1.03. The molecule has 0 aliphatic heterocycles. The molecule has 0 radical (unpaired) electrons. The number of hydrogen-bond donors (Lipinski definition) is 1. The summed E-state index contributed by atoms with van der Waals surface area (Å²) < 4.78 is 7.10. The van der Waals surface area contributed by atoms with Gasteiger partial charge < -0.3 is 14.6 Å². The molecule has 0 saturated carbocycles. The van der Waals surface area contributed by atoms with Crippen molar-refractivity contribution in [1.82, 2.24) is 20.1 Å². The van der Waals surface area contributed by atoms with Gasteiger partial charge in [0.05, 0.1) is 29.5 Å². The van der Waals surface area contributed by atoms with E-state index in [1.807, 2.05) is 11.5 Å². The number of carbonyl (C=O) groups excluding carboxylic acids is 2. The largest absolute Gasteiger partial charge is 0.497 e. The number of benzene rings is 2. The molecule has 7 nitrogen and oxygen atoms in total. The number of aromatic nitrogens is 3. The Kier molecular flexibility index (Phi) is 9.12. The standard InChI is InChI=1S/C25H29ClN4O3S/c1-5-30-23(21(14-16(2)3)27-24(32)19-8-6-7-9-20(19)26)28-29-25(30)34-15-22(31)17-10-12-18(33-4)13-11-17/h6-13,16,21H,5,14-15H2,1-4H3,(H,27,32)/t21-/m1/s1. The fraction of sp³-hybridized carbons (Fsp3) is 0.360. The molecule has 1 amide bonds.